The zero-order valence-corrected chi connectivity index (χ0v) is 13.7. The minimum absolute atomic E-state index is 0.300. The molecule has 0 fully saturated rings. The van der Waals surface area contributed by atoms with Crippen LogP contribution in [-0.2, 0) is 4.74 Å². The summed E-state index contributed by atoms with van der Waals surface area (Å²) in [6.07, 6.45) is 5.50. The maximum absolute atomic E-state index is 12.0. The number of aromatic nitrogens is 3. The summed E-state index contributed by atoms with van der Waals surface area (Å²) in [5.41, 5.74) is 3.07. The van der Waals surface area contributed by atoms with Crippen LogP contribution in [0.2, 0.25) is 0 Å². The highest BCUT2D eigenvalue weighted by atomic mass is 16.5. The number of carbonyl (C=O) groups excluding carboxylic acids is 1. The summed E-state index contributed by atoms with van der Waals surface area (Å²) in [5.74, 6) is -0.377. The first-order valence-corrected chi connectivity index (χ1v) is 7.72. The number of rotatable bonds is 6. The van der Waals surface area contributed by atoms with Gasteiger partial charge in [-0.15, -0.1) is 0 Å². The van der Waals surface area contributed by atoms with Gasteiger partial charge < -0.3 is 4.74 Å². The van der Waals surface area contributed by atoms with Gasteiger partial charge in [0.25, 0.3) is 0 Å². The summed E-state index contributed by atoms with van der Waals surface area (Å²) in [5, 5.41) is 4.55. The van der Waals surface area contributed by atoms with Gasteiger partial charge in [-0.3, -0.25) is 4.68 Å². The number of hydrogen-bond acceptors (Lipinski definition) is 4. The molecule has 0 aliphatic heterocycles. The lowest BCUT2D eigenvalue weighted by Crippen LogP contribution is -2.09. The molecule has 5 heteroatoms. The molecule has 2 aromatic rings. The molecule has 0 aliphatic carbocycles. The van der Waals surface area contributed by atoms with Crippen molar-refractivity contribution >= 4 is 5.97 Å². The van der Waals surface area contributed by atoms with Crippen LogP contribution in [0.3, 0.4) is 0 Å². The van der Waals surface area contributed by atoms with Crippen molar-refractivity contribution in [1.29, 1.82) is 0 Å². The summed E-state index contributed by atoms with van der Waals surface area (Å²) in [7, 11) is 0. The lowest BCUT2D eigenvalue weighted by Gasteiger charge is -2.07. The molecule has 0 atom stereocenters. The van der Waals surface area contributed by atoms with Crippen LogP contribution in [0.4, 0.5) is 0 Å². The van der Waals surface area contributed by atoms with Crippen molar-refractivity contribution < 1.29 is 9.53 Å². The van der Waals surface area contributed by atoms with Gasteiger partial charge in [-0.2, -0.15) is 5.10 Å². The Morgan fingerprint density at radius 3 is 2.82 bits per heavy atom. The van der Waals surface area contributed by atoms with E-state index in [9.17, 15) is 4.79 Å². The molecule has 0 aliphatic rings. The molecule has 0 saturated heterocycles. The Kier molecular flexibility index (Phi) is 5.31. The smallest absolute Gasteiger partial charge is 0.356 e. The number of nitrogens with zero attached hydrogens (tertiary/aromatic N) is 3. The summed E-state index contributed by atoms with van der Waals surface area (Å²) < 4.78 is 7.11. The van der Waals surface area contributed by atoms with Crippen LogP contribution in [0.1, 0.15) is 55.7 Å². The summed E-state index contributed by atoms with van der Waals surface area (Å²) in [6.45, 7) is 8.60. The van der Waals surface area contributed by atoms with Crippen LogP contribution in [0.5, 0.6) is 0 Å². The van der Waals surface area contributed by atoms with E-state index in [1.54, 1.807) is 12.3 Å². The molecule has 2 heterocycles. The van der Waals surface area contributed by atoms with E-state index in [0.717, 1.165) is 29.7 Å². The molecule has 0 spiro atoms. The monoisotopic (exact) mass is 301 g/mol. The third-order valence-electron chi connectivity index (χ3n) is 3.46. The number of unbranched alkanes of at least 4 members (excludes halogenated alkanes) is 1. The fourth-order valence-corrected chi connectivity index (χ4v) is 2.06. The molecule has 0 amide bonds. The van der Waals surface area contributed by atoms with E-state index in [2.05, 4.69) is 30.9 Å². The van der Waals surface area contributed by atoms with Crippen molar-refractivity contribution in [3.8, 4) is 11.3 Å². The number of hydrogen-bond donors (Lipinski definition) is 0. The van der Waals surface area contributed by atoms with Crippen molar-refractivity contribution in [2.75, 3.05) is 6.61 Å². The van der Waals surface area contributed by atoms with Crippen molar-refractivity contribution in [2.24, 2.45) is 0 Å². The fourth-order valence-electron chi connectivity index (χ4n) is 2.06. The number of ether oxygens (including phenoxy) is 1. The molecule has 0 N–H and O–H groups in total. The maximum Gasteiger partial charge on any atom is 0.356 e. The first kappa shape index (κ1) is 16.2. The minimum atomic E-state index is -0.377. The normalized spacial score (nSPS) is 11.0. The van der Waals surface area contributed by atoms with Gasteiger partial charge in [0, 0.05) is 24.0 Å². The first-order chi connectivity index (χ1) is 10.5. The fraction of sp³-hybridized carbons (Fsp3) is 0.471. The Labute approximate surface area is 131 Å². The molecule has 2 aromatic heterocycles. The summed E-state index contributed by atoms with van der Waals surface area (Å²) >= 11 is 0. The molecular formula is C17H23N3O2. The molecule has 0 aromatic carbocycles. The van der Waals surface area contributed by atoms with E-state index in [-0.39, 0.29) is 5.97 Å². The highest BCUT2D eigenvalue weighted by Gasteiger charge is 2.14. The van der Waals surface area contributed by atoms with Crippen LogP contribution in [0.15, 0.2) is 24.5 Å². The van der Waals surface area contributed by atoms with Crippen LogP contribution in [-0.4, -0.2) is 27.3 Å². The topological polar surface area (TPSA) is 57.0 Å². The van der Waals surface area contributed by atoms with Crippen molar-refractivity contribution in [2.45, 2.75) is 46.6 Å². The average molecular weight is 301 g/mol. The molecule has 0 unspecified atom stereocenters. The SMILES string of the molecule is CCCCOC(=O)c1cc(-c2ccn(C(C)C)n2)c(C)cn1. The van der Waals surface area contributed by atoms with E-state index in [0.29, 0.717) is 18.3 Å². The van der Waals surface area contributed by atoms with Gasteiger partial charge in [0.15, 0.2) is 0 Å². The predicted octanol–water partition coefficient (Wildman–Crippen LogP) is 3.79. The van der Waals surface area contributed by atoms with Gasteiger partial charge in [0.05, 0.1) is 12.3 Å². The molecular weight excluding hydrogens is 278 g/mol. The van der Waals surface area contributed by atoms with Crippen LogP contribution < -0.4 is 0 Å². The largest absolute Gasteiger partial charge is 0.461 e. The van der Waals surface area contributed by atoms with Crippen molar-refractivity contribution in [1.82, 2.24) is 14.8 Å². The first-order valence-electron chi connectivity index (χ1n) is 7.72. The minimum Gasteiger partial charge on any atom is -0.461 e. The van der Waals surface area contributed by atoms with E-state index in [4.69, 9.17) is 4.74 Å². The third-order valence-corrected chi connectivity index (χ3v) is 3.46. The molecule has 22 heavy (non-hydrogen) atoms. The lowest BCUT2D eigenvalue weighted by atomic mass is 10.1. The van der Waals surface area contributed by atoms with E-state index in [1.165, 1.54) is 0 Å². The van der Waals surface area contributed by atoms with Crippen molar-refractivity contribution in [3.05, 3.63) is 35.8 Å². The van der Waals surface area contributed by atoms with Gasteiger partial charge in [-0.25, -0.2) is 9.78 Å². The van der Waals surface area contributed by atoms with Gasteiger partial charge in [0.1, 0.15) is 5.69 Å². The third kappa shape index (κ3) is 3.72. The molecule has 5 nitrogen and oxygen atoms in total. The Bertz CT molecular complexity index is 647. The average Bonchev–Trinajstić information content (AvgIpc) is 2.97. The quantitative estimate of drug-likeness (QED) is 0.601. The second-order valence-electron chi connectivity index (χ2n) is 5.65. The van der Waals surface area contributed by atoms with Crippen LogP contribution in [0.25, 0.3) is 11.3 Å². The van der Waals surface area contributed by atoms with Crippen LogP contribution >= 0.6 is 0 Å². The van der Waals surface area contributed by atoms with E-state index in [1.807, 2.05) is 23.9 Å². The number of pyridine rings is 1. The Morgan fingerprint density at radius 1 is 1.41 bits per heavy atom. The Balaban J connectivity index is 2.24. The molecule has 2 rings (SSSR count). The van der Waals surface area contributed by atoms with Gasteiger partial charge in [0.2, 0.25) is 0 Å². The second-order valence-corrected chi connectivity index (χ2v) is 5.65. The number of carbonyl (C=O) groups is 1. The Morgan fingerprint density at radius 2 is 2.18 bits per heavy atom. The van der Waals surface area contributed by atoms with E-state index < -0.39 is 0 Å². The van der Waals surface area contributed by atoms with Crippen LogP contribution in [0, 0.1) is 6.92 Å². The molecule has 0 bridgehead atoms. The number of aryl methyl sites for hydroxylation is 1. The highest BCUT2D eigenvalue weighted by Crippen LogP contribution is 2.23. The highest BCUT2D eigenvalue weighted by molar-refractivity contribution is 5.89. The zero-order valence-electron chi connectivity index (χ0n) is 13.7. The second kappa shape index (κ2) is 7.20. The summed E-state index contributed by atoms with van der Waals surface area (Å²) in [4.78, 5) is 16.2. The molecule has 0 radical (unpaired) electrons. The van der Waals surface area contributed by atoms with Crippen molar-refractivity contribution in [3.63, 3.8) is 0 Å². The zero-order chi connectivity index (χ0) is 16.1. The number of esters is 1. The van der Waals surface area contributed by atoms with Gasteiger partial charge in [-0.05, 0) is 44.9 Å². The summed E-state index contributed by atoms with van der Waals surface area (Å²) in [6, 6.07) is 4.01. The van der Waals surface area contributed by atoms with E-state index >= 15 is 0 Å². The standard InChI is InChI=1S/C17H23N3O2/c1-5-6-9-22-17(21)16-10-14(13(4)11-18-16)15-7-8-20(19-15)12(2)3/h7-8,10-12H,5-6,9H2,1-4H3. The predicted molar refractivity (Wildman–Crippen MR) is 85.8 cm³/mol. The van der Waals surface area contributed by atoms with Gasteiger partial charge in [-0.1, -0.05) is 13.3 Å². The maximum atomic E-state index is 12.0. The van der Waals surface area contributed by atoms with Gasteiger partial charge >= 0.3 is 5.97 Å². The molecule has 118 valence electrons. The molecule has 0 saturated carbocycles. The lowest BCUT2D eigenvalue weighted by molar-refractivity contribution is 0.0493. The Hall–Kier alpha value is -2.17.